The van der Waals surface area contributed by atoms with Crippen molar-refractivity contribution >= 4 is 17.7 Å². The second-order valence-electron chi connectivity index (χ2n) is 10.8. The maximum absolute atomic E-state index is 13.1. The molecule has 2 aliphatic rings. The van der Waals surface area contributed by atoms with E-state index in [0.717, 1.165) is 50.4 Å². The molecule has 2 fully saturated rings. The van der Waals surface area contributed by atoms with E-state index in [4.69, 9.17) is 4.74 Å². The van der Waals surface area contributed by atoms with Crippen LogP contribution in [0.5, 0.6) is 0 Å². The molecular formula is C27H37N5O3. The van der Waals surface area contributed by atoms with Gasteiger partial charge < -0.3 is 19.9 Å². The molecule has 35 heavy (non-hydrogen) atoms. The summed E-state index contributed by atoms with van der Waals surface area (Å²) in [5.74, 6) is 1.01. The number of fused-ring (bicyclic) bond motifs is 1. The van der Waals surface area contributed by atoms with Gasteiger partial charge in [0.15, 0.2) is 0 Å². The standard InChI is InChI=1S/C27H37N5O3/c1-18-24(19(2)30-17-29-18)25(33)32-15-21-13-31(14-22(21)16-32)23-10-6-8-20(12-23)9-7-11-28-26(34)35-27(3,4)5/h6,8,10,12,17,21-22H,7,9,11,13-16H2,1-5H3,(H,28,34). The average Bonchev–Trinajstić information content (AvgIpc) is 3.35. The van der Waals surface area contributed by atoms with Crippen molar-refractivity contribution in [3.05, 3.63) is 53.1 Å². The Hall–Kier alpha value is -3.16. The summed E-state index contributed by atoms with van der Waals surface area (Å²) in [6, 6.07) is 8.67. The summed E-state index contributed by atoms with van der Waals surface area (Å²) in [7, 11) is 0. The van der Waals surface area contributed by atoms with Crippen LogP contribution >= 0.6 is 0 Å². The van der Waals surface area contributed by atoms with Crippen molar-refractivity contribution in [2.45, 2.75) is 53.1 Å². The first-order valence-corrected chi connectivity index (χ1v) is 12.5. The number of ether oxygens (including phenoxy) is 1. The number of nitrogens with zero attached hydrogens (tertiary/aromatic N) is 4. The van der Waals surface area contributed by atoms with E-state index < -0.39 is 5.60 Å². The van der Waals surface area contributed by atoms with Crippen molar-refractivity contribution in [2.24, 2.45) is 11.8 Å². The van der Waals surface area contributed by atoms with E-state index in [1.54, 1.807) is 0 Å². The molecule has 1 aromatic heterocycles. The molecule has 2 saturated heterocycles. The molecule has 0 spiro atoms. The number of hydrogen-bond donors (Lipinski definition) is 1. The number of likely N-dealkylation sites (tertiary alicyclic amines) is 1. The van der Waals surface area contributed by atoms with Gasteiger partial charge in [0.2, 0.25) is 0 Å². The third kappa shape index (κ3) is 6.10. The van der Waals surface area contributed by atoms with Crippen molar-refractivity contribution in [1.29, 1.82) is 0 Å². The first kappa shape index (κ1) is 24.9. The fourth-order valence-electron chi connectivity index (χ4n) is 5.14. The molecule has 2 aromatic rings. The minimum Gasteiger partial charge on any atom is -0.444 e. The van der Waals surface area contributed by atoms with E-state index in [2.05, 4.69) is 44.5 Å². The van der Waals surface area contributed by atoms with Gasteiger partial charge in [0, 0.05) is 50.2 Å². The van der Waals surface area contributed by atoms with Gasteiger partial charge in [0.1, 0.15) is 11.9 Å². The predicted octanol–water partition coefficient (Wildman–Crippen LogP) is 3.76. The molecule has 188 valence electrons. The van der Waals surface area contributed by atoms with Crippen LogP contribution in [0, 0.1) is 25.7 Å². The molecule has 0 bridgehead atoms. The highest BCUT2D eigenvalue weighted by Crippen LogP contribution is 2.35. The van der Waals surface area contributed by atoms with Gasteiger partial charge in [-0.3, -0.25) is 4.79 Å². The lowest BCUT2D eigenvalue weighted by molar-refractivity contribution is 0.0527. The summed E-state index contributed by atoms with van der Waals surface area (Å²) in [4.78, 5) is 37.8. The molecule has 1 N–H and O–H groups in total. The Balaban J connectivity index is 1.28. The Morgan fingerprint density at radius 3 is 2.34 bits per heavy atom. The van der Waals surface area contributed by atoms with Gasteiger partial charge in [-0.05, 0) is 65.2 Å². The number of alkyl carbamates (subject to hydrolysis) is 1. The van der Waals surface area contributed by atoms with Crippen LogP contribution in [0.3, 0.4) is 0 Å². The van der Waals surface area contributed by atoms with E-state index in [9.17, 15) is 9.59 Å². The highest BCUT2D eigenvalue weighted by molar-refractivity contribution is 5.96. The van der Waals surface area contributed by atoms with Crippen molar-refractivity contribution < 1.29 is 14.3 Å². The largest absolute Gasteiger partial charge is 0.444 e. The highest BCUT2D eigenvalue weighted by Gasteiger charge is 2.42. The molecule has 0 aliphatic carbocycles. The third-order valence-electron chi connectivity index (χ3n) is 6.80. The van der Waals surface area contributed by atoms with Crippen LogP contribution in [-0.2, 0) is 11.2 Å². The topological polar surface area (TPSA) is 87.7 Å². The van der Waals surface area contributed by atoms with Gasteiger partial charge in [-0.1, -0.05) is 12.1 Å². The van der Waals surface area contributed by atoms with Crippen LogP contribution in [0.2, 0.25) is 0 Å². The number of carbonyl (C=O) groups is 2. The number of aromatic nitrogens is 2. The number of benzene rings is 1. The minimum atomic E-state index is -0.482. The monoisotopic (exact) mass is 479 g/mol. The number of amides is 2. The fraction of sp³-hybridized carbons (Fsp3) is 0.556. The van der Waals surface area contributed by atoms with Gasteiger partial charge in [-0.15, -0.1) is 0 Å². The number of hydrogen-bond acceptors (Lipinski definition) is 6. The fourth-order valence-corrected chi connectivity index (χ4v) is 5.14. The molecule has 8 nitrogen and oxygen atoms in total. The lowest BCUT2D eigenvalue weighted by atomic mass is 10.0. The molecule has 2 amide bonds. The van der Waals surface area contributed by atoms with E-state index in [1.165, 1.54) is 17.6 Å². The highest BCUT2D eigenvalue weighted by atomic mass is 16.6. The Bertz CT molecular complexity index is 1050. The second-order valence-corrected chi connectivity index (χ2v) is 10.8. The SMILES string of the molecule is Cc1ncnc(C)c1C(=O)N1CC2CN(c3cccc(CCCNC(=O)OC(C)(C)C)c3)CC2C1. The van der Waals surface area contributed by atoms with Crippen LogP contribution in [0.15, 0.2) is 30.6 Å². The average molecular weight is 480 g/mol. The van der Waals surface area contributed by atoms with Crippen molar-refractivity contribution in [3.63, 3.8) is 0 Å². The first-order chi connectivity index (χ1) is 16.6. The van der Waals surface area contributed by atoms with E-state index in [1.807, 2.05) is 39.5 Å². The van der Waals surface area contributed by atoms with Crippen LogP contribution in [-0.4, -0.2) is 65.2 Å². The maximum atomic E-state index is 13.1. The van der Waals surface area contributed by atoms with Gasteiger partial charge in [0.25, 0.3) is 5.91 Å². The normalized spacial score (nSPS) is 19.6. The van der Waals surface area contributed by atoms with E-state index in [-0.39, 0.29) is 12.0 Å². The number of carbonyl (C=O) groups excluding carboxylic acids is 2. The quantitative estimate of drug-likeness (QED) is 0.635. The molecule has 4 rings (SSSR count). The van der Waals surface area contributed by atoms with Gasteiger partial charge in [-0.2, -0.15) is 0 Å². The molecule has 0 saturated carbocycles. The van der Waals surface area contributed by atoms with Crippen LogP contribution in [0.25, 0.3) is 0 Å². The van der Waals surface area contributed by atoms with E-state index in [0.29, 0.717) is 23.9 Å². The summed E-state index contributed by atoms with van der Waals surface area (Å²) < 4.78 is 5.28. The van der Waals surface area contributed by atoms with Crippen molar-refractivity contribution in [2.75, 3.05) is 37.6 Å². The smallest absolute Gasteiger partial charge is 0.407 e. The van der Waals surface area contributed by atoms with E-state index >= 15 is 0 Å². The molecule has 0 radical (unpaired) electrons. The van der Waals surface area contributed by atoms with Gasteiger partial charge in [-0.25, -0.2) is 14.8 Å². The lowest BCUT2D eigenvalue weighted by Crippen LogP contribution is -2.34. The Labute approximate surface area is 208 Å². The van der Waals surface area contributed by atoms with Crippen LogP contribution < -0.4 is 10.2 Å². The predicted molar refractivity (Wildman–Crippen MR) is 136 cm³/mol. The second kappa shape index (κ2) is 10.2. The van der Waals surface area contributed by atoms with Crippen molar-refractivity contribution in [3.8, 4) is 0 Å². The summed E-state index contributed by atoms with van der Waals surface area (Å²) in [5.41, 5.74) is 4.16. The summed E-state index contributed by atoms with van der Waals surface area (Å²) >= 11 is 0. The number of anilines is 1. The molecular weight excluding hydrogens is 442 g/mol. The zero-order chi connectivity index (χ0) is 25.2. The third-order valence-corrected chi connectivity index (χ3v) is 6.80. The maximum Gasteiger partial charge on any atom is 0.407 e. The lowest BCUT2D eigenvalue weighted by Gasteiger charge is -2.24. The zero-order valence-electron chi connectivity index (χ0n) is 21.5. The number of aryl methyl sites for hydroxylation is 3. The Morgan fingerprint density at radius 1 is 1.06 bits per heavy atom. The summed E-state index contributed by atoms with van der Waals surface area (Å²) in [6.07, 6.45) is 2.90. The molecule has 8 heteroatoms. The molecule has 2 unspecified atom stereocenters. The number of nitrogens with one attached hydrogen (secondary N) is 1. The Morgan fingerprint density at radius 2 is 1.71 bits per heavy atom. The molecule has 3 heterocycles. The Kier molecular flexibility index (Phi) is 7.28. The van der Waals surface area contributed by atoms with Crippen molar-refractivity contribution in [1.82, 2.24) is 20.2 Å². The zero-order valence-corrected chi connectivity index (χ0v) is 21.5. The first-order valence-electron chi connectivity index (χ1n) is 12.5. The van der Waals surface area contributed by atoms with Gasteiger partial charge in [0.05, 0.1) is 17.0 Å². The van der Waals surface area contributed by atoms with Crippen LogP contribution in [0.1, 0.15) is 54.5 Å². The molecule has 1 aromatic carbocycles. The molecule has 2 atom stereocenters. The summed E-state index contributed by atoms with van der Waals surface area (Å²) in [5, 5.41) is 2.83. The van der Waals surface area contributed by atoms with Crippen LogP contribution in [0.4, 0.5) is 10.5 Å². The minimum absolute atomic E-state index is 0.0588. The summed E-state index contributed by atoms with van der Waals surface area (Å²) in [6.45, 7) is 13.4. The number of rotatable bonds is 6. The van der Waals surface area contributed by atoms with Gasteiger partial charge >= 0.3 is 6.09 Å². The molecule has 2 aliphatic heterocycles.